The van der Waals surface area contributed by atoms with Gasteiger partial charge in [0, 0.05) is 17.4 Å². The summed E-state index contributed by atoms with van der Waals surface area (Å²) in [5, 5.41) is 11.6. The molecule has 1 atom stereocenters. The topological polar surface area (TPSA) is 98.6 Å². The van der Waals surface area contributed by atoms with Crippen LogP contribution in [-0.2, 0) is 11.2 Å². The van der Waals surface area contributed by atoms with Gasteiger partial charge in [0.05, 0.1) is 16.9 Å². The number of amides is 1. The highest BCUT2D eigenvalue weighted by molar-refractivity contribution is 8.00. The summed E-state index contributed by atoms with van der Waals surface area (Å²) in [5.41, 5.74) is 1.66. The maximum Gasteiger partial charge on any atom is 0.251 e. The third kappa shape index (κ3) is 4.96. The molecule has 1 amide bonds. The van der Waals surface area contributed by atoms with E-state index in [4.69, 9.17) is 5.26 Å². The molecule has 0 saturated heterocycles. The van der Waals surface area contributed by atoms with Crippen LogP contribution in [0, 0.1) is 11.3 Å². The SMILES string of the molecule is CCCc1cc(=O)[nH]c(S[C@H](C)C(=O)Nc2ccc(C#N)cc2)n1. The van der Waals surface area contributed by atoms with Crippen LogP contribution in [0.15, 0.2) is 40.3 Å². The van der Waals surface area contributed by atoms with Crippen LogP contribution in [0.5, 0.6) is 0 Å². The van der Waals surface area contributed by atoms with Gasteiger partial charge in [-0.15, -0.1) is 0 Å². The fraction of sp³-hybridized carbons (Fsp3) is 0.294. The Kier molecular flexibility index (Phi) is 6.15. The van der Waals surface area contributed by atoms with Crippen LogP contribution in [0.1, 0.15) is 31.5 Å². The number of nitrogens with one attached hydrogen (secondary N) is 2. The number of benzene rings is 1. The van der Waals surface area contributed by atoms with E-state index in [-0.39, 0.29) is 11.5 Å². The Morgan fingerprint density at radius 1 is 1.42 bits per heavy atom. The van der Waals surface area contributed by atoms with Crippen LogP contribution in [0.25, 0.3) is 0 Å². The number of hydrogen-bond donors (Lipinski definition) is 2. The van der Waals surface area contributed by atoms with Gasteiger partial charge in [-0.3, -0.25) is 9.59 Å². The monoisotopic (exact) mass is 342 g/mol. The summed E-state index contributed by atoms with van der Waals surface area (Å²) >= 11 is 1.20. The third-order valence-corrected chi connectivity index (χ3v) is 4.20. The molecule has 1 aromatic heterocycles. The molecule has 0 fully saturated rings. The summed E-state index contributed by atoms with van der Waals surface area (Å²) in [4.78, 5) is 30.9. The Hall–Kier alpha value is -2.59. The summed E-state index contributed by atoms with van der Waals surface area (Å²) in [6.07, 6.45) is 1.62. The summed E-state index contributed by atoms with van der Waals surface area (Å²) in [5.74, 6) is -0.201. The Morgan fingerprint density at radius 2 is 2.12 bits per heavy atom. The predicted octanol–water partition coefficient (Wildman–Crippen LogP) is 2.71. The molecule has 0 unspecified atom stereocenters. The lowest BCUT2D eigenvalue weighted by atomic mass is 10.2. The van der Waals surface area contributed by atoms with Gasteiger partial charge in [-0.1, -0.05) is 25.1 Å². The second-order valence-corrected chi connectivity index (χ2v) is 6.56. The highest BCUT2D eigenvalue weighted by Gasteiger charge is 2.16. The molecule has 2 N–H and O–H groups in total. The van der Waals surface area contributed by atoms with Gasteiger partial charge in [-0.25, -0.2) is 4.98 Å². The van der Waals surface area contributed by atoms with Crippen LogP contribution in [0.2, 0.25) is 0 Å². The fourth-order valence-corrected chi connectivity index (χ4v) is 2.85. The van der Waals surface area contributed by atoms with Crippen LogP contribution in [0.3, 0.4) is 0 Å². The van der Waals surface area contributed by atoms with Crippen molar-refractivity contribution in [2.45, 2.75) is 37.1 Å². The summed E-state index contributed by atoms with van der Waals surface area (Å²) in [6, 6.07) is 10.1. The van der Waals surface area contributed by atoms with E-state index in [9.17, 15) is 9.59 Å². The van der Waals surface area contributed by atoms with Gasteiger partial charge in [-0.2, -0.15) is 5.26 Å². The summed E-state index contributed by atoms with van der Waals surface area (Å²) < 4.78 is 0. The maximum absolute atomic E-state index is 12.3. The first-order valence-electron chi connectivity index (χ1n) is 7.59. The van der Waals surface area contributed by atoms with Crippen LogP contribution >= 0.6 is 11.8 Å². The molecule has 0 aliphatic heterocycles. The number of aryl methyl sites for hydroxylation is 1. The van der Waals surface area contributed by atoms with Gasteiger partial charge in [0.2, 0.25) is 5.91 Å². The first kappa shape index (κ1) is 17.8. The Bertz CT molecular complexity index is 809. The molecule has 0 bridgehead atoms. The van der Waals surface area contributed by atoms with Gasteiger partial charge >= 0.3 is 0 Å². The highest BCUT2D eigenvalue weighted by Crippen LogP contribution is 2.20. The molecule has 6 nitrogen and oxygen atoms in total. The Labute approximate surface area is 144 Å². The zero-order valence-electron chi connectivity index (χ0n) is 13.5. The molecule has 1 aromatic carbocycles. The summed E-state index contributed by atoms with van der Waals surface area (Å²) in [6.45, 7) is 3.76. The van der Waals surface area contributed by atoms with Crippen molar-refractivity contribution in [3.63, 3.8) is 0 Å². The fourth-order valence-electron chi connectivity index (χ4n) is 2.02. The average Bonchev–Trinajstić information content (AvgIpc) is 2.55. The molecule has 124 valence electrons. The molecule has 1 heterocycles. The number of carbonyl (C=O) groups excluding carboxylic acids is 1. The lowest BCUT2D eigenvalue weighted by Crippen LogP contribution is -2.23. The number of H-pyrrole nitrogens is 1. The van der Waals surface area contributed by atoms with Crippen LogP contribution in [0.4, 0.5) is 5.69 Å². The summed E-state index contributed by atoms with van der Waals surface area (Å²) in [7, 11) is 0. The molecular formula is C17H18N4O2S. The predicted molar refractivity (Wildman–Crippen MR) is 94.0 cm³/mol. The van der Waals surface area contributed by atoms with E-state index in [0.29, 0.717) is 16.4 Å². The van der Waals surface area contributed by atoms with E-state index >= 15 is 0 Å². The lowest BCUT2D eigenvalue weighted by molar-refractivity contribution is -0.115. The molecular weight excluding hydrogens is 324 g/mol. The normalized spacial score (nSPS) is 11.5. The van der Waals surface area contributed by atoms with Gasteiger partial charge < -0.3 is 10.3 Å². The molecule has 2 rings (SSSR count). The minimum absolute atomic E-state index is 0.201. The zero-order chi connectivity index (χ0) is 17.5. The molecule has 2 aromatic rings. The first-order chi connectivity index (χ1) is 11.5. The van der Waals surface area contributed by atoms with Crippen molar-refractivity contribution < 1.29 is 4.79 Å². The lowest BCUT2D eigenvalue weighted by Gasteiger charge is -2.12. The number of aromatic nitrogens is 2. The molecule has 24 heavy (non-hydrogen) atoms. The van der Waals surface area contributed by atoms with Crippen molar-refractivity contribution in [1.82, 2.24) is 9.97 Å². The van der Waals surface area contributed by atoms with E-state index in [1.54, 1.807) is 31.2 Å². The van der Waals surface area contributed by atoms with Gasteiger partial charge in [0.15, 0.2) is 5.16 Å². The van der Waals surface area contributed by atoms with Crippen molar-refractivity contribution in [1.29, 1.82) is 5.26 Å². The van der Waals surface area contributed by atoms with Gasteiger partial charge in [0.25, 0.3) is 5.56 Å². The smallest absolute Gasteiger partial charge is 0.251 e. The highest BCUT2D eigenvalue weighted by atomic mass is 32.2. The number of carbonyl (C=O) groups is 1. The van der Waals surface area contributed by atoms with Crippen LogP contribution in [-0.4, -0.2) is 21.1 Å². The van der Waals surface area contributed by atoms with E-state index in [1.165, 1.54) is 17.8 Å². The number of nitriles is 1. The average molecular weight is 342 g/mol. The quantitative estimate of drug-likeness (QED) is 0.621. The minimum Gasteiger partial charge on any atom is -0.325 e. The van der Waals surface area contributed by atoms with Crippen LogP contribution < -0.4 is 10.9 Å². The number of nitrogens with zero attached hydrogens (tertiary/aromatic N) is 2. The molecule has 0 aliphatic rings. The molecule has 0 radical (unpaired) electrons. The van der Waals surface area contributed by atoms with E-state index in [0.717, 1.165) is 18.5 Å². The Morgan fingerprint density at radius 3 is 2.75 bits per heavy atom. The van der Waals surface area contributed by atoms with Gasteiger partial charge in [-0.05, 0) is 37.6 Å². The number of aromatic amines is 1. The standard InChI is InChI=1S/C17H18N4O2S/c1-3-4-14-9-15(22)21-17(20-14)24-11(2)16(23)19-13-7-5-12(10-18)6-8-13/h5-9,11H,3-4H2,1-2H3,(H,19,23)(H,20,21,22)/t11-/m1/s1. The maximum atomic E-state index is 12.3. The van der Waals surface area contributed by atoms with Crippen molar-refractivity contribution in [3.8, 4) is 6.07 Å². The van der Waals surface area contributed by atoms with Gasteiger partial charge in [0.1, 0.15) is 0 Å². The first-order valence-corrected chi connectivity index (χ1v) is 8.47. The van der Waals surface area contributed by atoms with Crippen molar-refractivity contribution in [2.24, 2.45) is 0 Å². The van der Waals surface area contributed by atoms with E-state index in [1.807, 2.05) is 13.0 Å². The zero-order valence-corrected chi connectivity index (χ0v) is 14.3. The largest absolute Gasteiger partial charge is 0.325 e. The van der Waals surface area contributed by atoms with Crippen molar-refractivity contribution in [3.05, 3.63) is 51.9 Å². The molecule has 7 heteroatoms. The minimum atomic E-state index is -0.430. The van der Waals surface area contributed by atoms with E-state index < -0.39 is 5.25 Å². The molecule has 0 spiro atoms. The number of rotatable bonds is 6. The van der Waals surface area contributed by atoms with Crippen molar-refractivity contribution in [2.75, 3.05) is 5.32 Å². The number of anilines is 1. The molecule has 0 aliphatic carbocycles. The second kappa shape index (κ2) is 8.31. The Balaban J connectivity index is 2.03. The number of hydrogen-bond acceptors (Lipinski definition) is 5. The molecule has 0 saturated carbocycles. The van der Waals surface area contributed by atoms with E-state index in [2.05, 4.69) is 15.3 Å². The number of thioether (sulfide) groups is 1. The second-order valence-electron chi connectivity index (χ2n) is 5.23. The van der Waals surface area contributed by atoms with Crippen molar-refractivity contribution >= 4 is 23.4 Å². The third-order valence-electron chi connectivity index (χ3n) is 3.22.